The SMILES string of the molecule is C=C(C)CN1c2ccccc2NC(=O)[C@H]1CC(=O)Nc1ccccc1OC. The number of fused-ring (bicyclic) bond motifs is 1. The molecule has 0 aliphatic carbocycles. The number of benzene rings is 2. The van der Waals surface area contributed by atoms with Gasteiger partial charge in [0, 0.05) is 6.54 Å². The number of anilines is 3. The van der Waals surface area contributed by atoms with Crippen molar-refractivity contribution in [3.05, 3.63) is 60.7 Å². The van der Waals surface area contributed by atoms with Crippen LogP contribution in [0.25, 0.3) is 0 Å². The van der Waals surface area contributed by atoms with Gasteiger partial charge in [0.25, 0.3) is 0 Å². The van der Waals surface area contributed by atoms with Crippen LogP contribution in [0.4, 0.5) is 17.1 Å². The number of hydrogen-bond acceptors (Lipinski definition) is 4. The average molecular weight is 365 g/mol. The molecule has 1 heterocycles. The first-order valence-electron chi connectivity index (χ1n) is 8.73. The standard InChI is InChI=1S/C21H23N3O3/c1-14(2)13-24-17-10-6-4-8-15(17)23-21(26)18(24)12-20(25)22-16-9-5-7-11-19(16)27-3/h4-11,18H,1,12-13H2,2-3H3,(H,22,25)(H,23,26)/t18-/m1/s1. The van der Waals surface area contributed by atoms with Gasteiger partial charge in [-0.15, -0.1) is 0 Å². The van der Waals surface area contributed by atoms with E-state index in [1.807, 2.05) is 48.2 Å². The Kier molecular flexibility index (Phi) is 5.45. The van der Waals surface area contributed by atoms with Gasteiger partial charge in [0.2, 0.25) is 11.8 Å². The third-order valence-corrected chi connectivity index (χ3v) is 4.35. The van der Waals surface area contributed by atoms with Gasteiger partial charge < -0.3 is 20.3 Å². The van der Waals surface area contributed by atoms with Gasteiger partial charge in [0.15, 0.2) is 0 Å². The fourth-order valence-electron chi connectivity index (χ4n) is 3.17. The first-order valence-corrected chi connectivity index (χ1v) is 8.73. The predicted octanol–water partition coefficient (Wildman–Crippen LogP) is 3.43. The third kappa shape index (κ3) is 4.11. The summed E-state index contributed by atoms with van der Waals surface area (Å²) in [5.41, 5.74) is 3.11. The Morgan fingerprint density at radius 2 is 1.93 bits per heavy atom. The molecule has 0 aromatic heterocycles. The van der Waals surface area contributed by atoms with E-state index in [1.165, 1.54) is 0 Å². The quantitative estimate of drug-likeness (QED) is 0.770. The predicted molar refractivity (Wildman–Crippen MR) is 107 cm³/mol. The summed E-state index contributed by atoms with van der Waals surface area (Å²) in [4.78, 5) is 27.2. The molecule has 6 nitrogen and oxygen atoms in total. The minimum atomic E-state index is -0.619. The van der Waals surface area contributed by atoms with Crippen LogP contribution in [-0.4, -0.2) is 31.5 Å². The zero-order valence-electron chi connectivity index (χ0n) is 15.5. The first-order chi connectivity index (χ1) is 13.0. The second kappa shape index (κ2) is 7.95. The molecule has 0 spiro atoms. The number of carbonyl (C=O) groups is 2. The Bertz CT molecular complexity index is 878. The lowest BCUT2D eigenvalue weighted by Gasteiger charge is -2.38. The van der Waals surface area contributed by atoms with Crippen LogP contribution in [0.5, 0.6) is 5.75 Å². The Balaban J connectivity index is 1.82. The maximum absolute atomic E-state index is 12.7. The molecule has 6 heteroatoms. The van der Waals surface area contributed by atoms with Crippen molar-refractivity contribution >= 4 is 28.9 Å². The van der Waals surface area contributed by atoms with Crippen LogP contribution < -0.4 is 20.3 Å². The Hall–Kier alpha value is -3.28. The van der Waals surface area contributed by atoms with E-state index in [1.54, 1.807) is 19.2 Å². The highest BCUT2D eigenvalue weighted by molar-refractivity contribution is 6.06. The number of nitrogens with zero attached hydrogens (tertiary/aromatic N) is 1. The number of ether oxygens (including phenoxy) is 1. The zero-order chi connectivity index (χ0) is 19.4. The van der Waals surface area contributed by atoms with Gasteiger partial charge in [0.05, 0.1) is 30.6 Å². The molecule has 0 radical (unpaired) electrons. The fourth-order valence-corrected chi connectivity index (χ4v) is 3.17. The Labute approximate surface area is 158 Å². The van der Waals surface area contributed by atoms with Crippen molar-refractivity contribution in [3.8, 4) is 5.75 Å². The molecule has 0 saturated heterocycles. The van der Waals surface area contributed by atoms with Crippen molar-refractivity contribution in [1.82, 2.24) is 0 Å². The summed E-state index contributed by atoms with van der Waals surface area (Å²) in [6, 6.07) is 14.1. The van der Waals surface area contributed by atoms with Crippen molar-refractivity contribution in [2.75, 3.05) is 29.2 Å². The summed E-state index contributed by atoms with van der Waals surface area (Å²) < 4.78 is 5.26. The molecular weight excluding hydrogens is 342 g/mol. The van der Waals surface area contributed by atoms with E-state index in [2.05, 4.69) is 17.2 Å². The van der Waals surface area contributed by atoms with E-state index < -0.39 is 6.04 Å². The zero-order valence-corrected chi connectivity index (χ0v) is 15.5. The molecule has 140 valence electrons. The van der Waals surface area contributed by atoms with Crippen LogP contribution in [0.3, 0.4) is 0 Å². The van der Waals surface area contributed by atoms with Crippen molar-refractivity contribution < 1.29 is 14.3 Å². The summed E-state index contributed by atoms with van der Waals surface area (Å²) in [6.45, 7) is 6.36. The van der Waals surface area contributed by atoms with E-state index >= 15 is 0 Å². The molecule has 0 saturated carbocycles. The second-order valence-electron chi connectivity index (χ2n) is 6.56. The molecule has 3 rings (SSSR count). The van der Waals surface area contributed by atoms with Crippen LogP contribution in [0.15, 0.2) is 60.7 Å². The highest BCUT2D eigenvalue weighted by atomic mass is 16.5. The van der Waals surface area contributed by atoms with Crippen LogP contribution in [0.1, 0.15) is 13.3 Å². The third-order valence-electron chi connectivity index (χ3n) is 4.35. The maximum Gasteiger partial charge on any atom is 0.247 e. The van der Waals surface area contributed by atoms with Gasteiger partial charge in [-0.3, -0.25) is 9.59 Å². The molecule has 27 heavy (non-hydrogen) atoms. The Morgan fingerprint density at radius 1 is 1.22 bits per heavy atom. The van der Waals surface area contributed by atoms with Crippen molar-refractivity contribution in [2.45, 2.75) is 19.4 Å². The maximum atomic E-state index is 12.7. The highest BCUT2D eigenvalue weighted by Crippen LogP contribution is 2.33. The van der Waals surface area contributed by atoms with Gasteiger partial charge in [-0.25, -0.2) is 0 Å². The Morgan fingerprint density at radius 3 is 2.67 bits per heavy atom. The van der Waals surface area contributed by atoms with Crippen LogP contribution in [0.2, 0.25) is 0 Å². The van der Waals surface area contributed by atoms with E-state index in [4.69, 9.17) is 4.74 Å². The molecule has 0 fully saturated rings. The lowest BCUT2D eigenvalue weighted by Crippen LogP contribution is -2.50. The summed E-state index contributed by atoms with van der Waals surface area (Å²) in [5.74, 6) is 0.110. The van der Waals surface area contributed by atoms with Crippen LogP contribution >= 0.6 is 0 Å². The van der Waals surface area contributed by atoms with Gasteiger partial charge >= 0.3 is 0 Å². The summed E-state index contributed by atoms with van der Waals surface area (Å²) in [5, 5.41) is 5.72. The normalized spacial score (nSPS) is 15.6. The number of para-hydroxylation sites is 4. The number of amides is 2. The molecule has 0 unspecified atom stereocenters. The number of nitrogens with one attached hydrogen (secondary N) is 2. The molecule has 2 aromatic carbocycles. The van der Waals surface area contributed by atoms with E-state index in [0.29, 0.717) is 18.0 Å². The van der Waals surface area contributed by atoms with Gasteiger partial charge in [-0.2, -0.15) is 0 Å². The minimum absolute atomic E-state index is 0.0193. The van der Waals surface area contributed by atoms with Gasteiger partial charge in [0.1, 0.15) is 11.8 Å². The minimum Gasteiger partial charge on any atom is -0.495 e. The topological polar surface area (TPSA) is 70.7 Å². The monoisotopic (exact) mass is 365 g/mol. The molecule has 1 aliphatic rings. The fraction of sp³-hybridized carbons (Fsp3) is 0.238. The largest absolute Gasteiger partial charge is 0.495 e. The molecule has 0 bridgehead atoms. The average Bonchev–Trinajstić information content (AvgIpc) is 2.64. The van der Waals surface area contributed by atoms with Gasteiger partial charge in [-0.1, -0.05) is 36.4 Å². The van der Waals surface area contributed by atoms with Gasteiger partial charge in [-0.05, 0) is 31.2 Å². The number of methoxy groups -OCH3 is 1. The van der Waals surface area contributed by atoms with Crippen LogP contribution in [0, 0.1) is 0 Å². The number of rotatable bonds is 6. The van der Waals surface area contributed by atoms with Crippen molar-refractivity contribution in [3.63, 3.8) is 0 Å². The van der Waals surface area contributed by atoms with E-state index in [-0.39, 0.29) is 18.2 Å². The lowest BCUT2D eigenvalue weighted by molar-refractivity contribution is -0.122. The molecule has 1 atom stereocenters. The summed E-state index contributed by atoms with van der Waals surface area (Å²) >= 11 is 0. The number of carbonyl (C=O) groups excluding carboxylic acids is 2. The first kappa shape index (κ1) is 18.5. The van der Waals surface area contributed by atoms with E-state index in [9.17, 15) is 9.59 Å². The van der Waals surface area contributed by atoms with Crippen LogP contribution in [-0.2, 0) is 9.59 Å². The van der Waals surface area contributed by atoms with E-state index in [0.717, 1.165) is 16.9 Å². The summed E-state index contributed by atoms with van der Waals surface area (Å²) in [6.07, 6.45) is 0.0193. The molecule has 1 aliphatic heterocycles. The molecular formula is C21H23N3O3. The highest BCUT2D eigenvalue weighted by Gasteiger charge is 2.34. The second-order valence-corrected chi connectivity index (χ2v) is 6.56. The smallest absolute Gasteiger partial charge is 0.247 e. The van der Waals surface area contributed by atoms with Crippen molar-refractivity contribution in [2.24, 2.45) is 0 Å². The number of hydrogen-bond donors (Lipinski definition) is 2. The van der Waals surface area contributed by atoms with Crippen molar-refractivity contribution in [1.29, 1.82) is 0 Å². The molecule has 2 amide bonds. The molecule has 2 aromatic rings. The lowest BCUT2D eigenvalue weighted by atomic mass is 10.0. The molecule has 2 N–H and O–H groups in total. The summed E-state index contributed by atoms with van der Waals surface area (Å²) in [7, 11) is 1.55.